The van der Waals surface area contributed by atoms with Gasteiger partial charge in [-0.05, 0) is 74.6 Å². The molecule has 1 saturated carbocycles. The standard InChI is InChI=1S/C20H17ClF2N2O2.C6H10N2/c1-11-18(21)20(26)25-10-13(12-4-6-27-7-5-12)8-16(19(25)24-11)15-3-2-14(22)9-17(15)23;7-4-1-5-8-6-2-3-6/h2-3,8-10,12H,4-7H2,1H3;1,4-6H,2-3,7H2/b;4-1-,8-5?. The van der Waals surface area contributed by atoms with E-state index in [1.807, 2.05) is 6.07 Å². The maximum atomic E-state index is 14.5. The van der Waals surface area contributed by atoms with Gasteiger partial charge in [0.05, 0.1) is 11.7 Å². The van der Waals surface area contributed by atoms with Gasteiger partial charge in [0.25, 0.3) is 5.56 Å². The molecule has 5 rings (SSSR count). The van der Waals surface area contributed by atoms with Crippen LogP contribution in [-0.2, 0) is 4.74 Å². The molecule has 1 aromatic carbocycles. The van der Waals surface area contributed by atoms with Gasteiger partial charge in [-0.1, -0.05) is 11.6 Å². The van der Waals surface area contributed by atoms with Crippen molar-refractivity contribution in [3.63, 3.8) is 0 Å². The third-order valence-corrected chi connectivity index (χ3v) is 6.45. The van der Waals surface area contributed by atoms with Crippen molar-refractivity contribution in [2.75, 3.05) is 13.2 Å². The van der Waals surface area contributed by atoms with Crippen LogP contribution in [-0.4, -0.2) is 34.9 Å². The summed E-state index contributed by atoms with van der Waals surface area (Å²) in [6.07, 6.45) is 10.8. The van der Waals surface area contributed by atoms with Crippen LogP contribution in [0.3, 0.4) is 0 Å². The third-order valence-electron chi connectivity index (χ3n) is 6.01. The van der Waals surface area contributed by atoms with Crippen LogP contribution in [0.2, 0.25) is 5.02 Å². The van der Waals surface area contributed by atoms with E-state index < -0.39 is 17.2 Å². The Bertz CT molecular complexity index is 1330. The summed E-state index contributed by atoms with van der Waals surface area (Å²) in [5.41, 5.74) is 6.83. The molecule has 0 bridgehead atoms. The van der Waals surface area contributed by atoms with Crippen LogP contribution in [0.4, 0.5) is 8.78 Å². The quantitative estimate of drug-likeness (QED) is 0.500. The molecule has 0 unspecified atom stereocenters. The van der Waals surface area contributed by atoms with Gasteiger partial charge in [0.15, 0.2) is 0 Å². The minimum Gasteiger partial charge on any atom is -0.405 e. The molecule has 1 aliphatic carbocycles. The smallest absolute Gasteiger partial charge is 0.276 e. The first-order chi connectivity index (χ1) is 16.9. The maximum Gasteiger partial charge on any atom is 0.276 e. The van der Waals surface area contributed by atoms with Gasteiger partial charge in [0.1, 0.15) is 22.3 Å². The summed E-state index contributed by atoms with van der Waals surface area (Å²) in [5.74, 6) is -1.19. The molecule has 3 aromatic rings. The van der Waals surface area contributed by atoms with Crippen molar-refractivity contribution in [2.24, 2.45) is 10.7 Å². The molecule has 9 heteroatoms. The molecular formula is C26H27ClF2N4O2. The van der Waals surface area contributed by atoms with Gasteiger partial charge < -0.3 is 10.5 Å². The number of allylic oxidation sites excluding steroid dienone is 1. The number of aromatic nitrogens is 2. The fraction of sp³-hybridized carbons (Fsp3) is 0.346. The number of pyridine rings is 1. The second kappa shape index (κ2) is 11.1. The van der Waals surface area contributed by atoms with Crippen molar-refractivity contribution < 1.29 is 13.5 Å². The first-order valence-electron chi connectivity index (χ1n) is 11.5. The Balaban J connectivity index is 0.000000308. The minimum absolute atomic E-state index is 0.0298. The van der Waals surface area contributed by atoms with Gasteiger partial charge in [-0.2, -0.15) is 0 Å². The molecule has 2 fully saturated rings. The molecule has 184 valence electrons. The molecule has 2 N–H and O–H groups in total. The number of nitrogens with zero attached hydrogens (tertiary/aromatic N) is 3. The molecular weight excluding hydrogens is 474 g/mol. The van der Waals surface area contributed by atoms with E-state index in [2.05, 4.69) is 9.98 Å². The molecule has 0 radical (unpaired) electrons. The Labute approximate surface area is 207 Å². The van der Waals surface area contributed by atoms with Gasteiger partial charge in [-0.15, -0.1) is 0 Å². The summed E-state index contributed by atoms with van der Waals surface area (Å²) in [7, 11) is 0. The van der Waals surface area contributed by atoms with E-state index in [0.29, 0.717) is 36.2 Å². The van der Waals surface area contributed by atoms with Crippen LogP contribution in [0.5, 0.6) is 0 Å². The number of aliphatic imine (C=N–C) groups is 1. The number of hydrogen-bond donors (Lipinski definition) is 1. The molecule has 0 amide bonds. The average Bonchev–Trinajstić information content (AvgIpc) is 3.68. The van der Waals surface area contributed by atoms with E-state index in [-0.39, 0.29) is 16.5 Å². The van der Waals surface area contributed by atoms with Crippen LogP contribution in [0.25, 0.3) is 16.8 Å². The van der Waals surface area contributed by atoms with Crippen LogP contribution in [0.1, 0.15) is 42.9 Å². The Kier molecular flexibility index (Phi) is 7.93. The SMILES string of the molecule is Cc1nc2c(-c3ccc(F)cc3F)cc(C3CCOCC3)cn2c(=O)c1Cl.N/C=C\C=NC1CC1. The van der Waals surface area contributed by atoms with Gasteiger partial charge in [0, 0.05) is 42.8 Å². The zero-order chi connectivity index (χ0) is 24.9. The predicted octanol–water partition coefficient (Wildman–Crippen LogP) is 5.19. The number of ether oxygens (including phenoxy) is 1. The third kappa shape index (κ3) is 5.94. The Hall–Kier alpha value is -3.10. The molecule has 35 heavy (non-hydrogen) atoms. The van der Waals surface area contributed by atoms with Crippen LogP contribution in [0, 0.1) is 18.6 Å². The number of hydrogen-bond acceptors (Lipinski definition) is 5. The maximum absolute atomic E-state index is 14.5. The number of aryl methyl sites for hydroxylation is 1. The molecule has 3 heterocycles. The average molecular weight is 501 g/mol. The number of benzene rings is 1. The normalized spacial score (nSPS) is 16.7. The van der Waals surface area contributed by atoms with Crippen LogP contribution in [0.15, 0.2) is 52.5 Å². The van der Waals surface area contributed by atoms with E-state index in [1.165, 1.54) is 35.6 Å². The number of fused-ring (bicyclic) bond motifs is 1. The number of nitrogens with two attached hydrogens (primary N) is 1. The highest BCUT2D eigenvalue weighted by Crippen LogP contribution is 2.33. The van der Waals surface area contributed by atoms with Crippen molar-refractivity contribution in [1.29, 1.82) is 0 Å². The summed E-state index contributed by atoms with van der Waals surface area (Å²) in [6.45, 7) is 2.89. The van der Waals surface area contributed by atoms with Gasteiger partial charge >= 0.3 is 0 Å². The second-order valence-electron chi connectivity index (χ2n) is 8.62. The molecule has 0 spiro atoms. The lowest BCUT2D eigenvalue weighted by atomic mass is 9.91. The van der Waals surface area contributed by atoms with Crippen molar-refractivity contribution >= 4 is 23.5 Å². The summed E-state index contributed by atoms with van der Waals surface area (Å²) in [6, 6.07) is 5.84. The largest absolute Gasteiger partial charge is 0.405 e. The van der Waals surface area contributed by atoms with Gasteiger partial charge in [-0.25, -0.2) is 13.8 Å². The van der Waals surface area contributed by atoms with Crippen molar-refractivity contribution in [2.45, 2.75) is 44.6 Å². The lowest BCUT2D eigenvalue weighted by molar-refractivity contribution is 0.0852. The number of rotatable bonds is 4. The van der Waals surface area contributed by atoms with Crippen molar-refractivity contribution in [3.05, 3.63) is 81.0 Å². The predicted molar refractivity (Wildman–Crippen MR) is 134 cm³/mol. The molecule has 0 atom stereocenters. The monoisotopic (exact) mass is 500 g/mol. The minimum atomic E-state index is -0.706. The Morgan fingerprint density at radius 3 is 2.57 bits per heavy atom. The van der Waals surface area contributed by atoms with Crippen LogP contribution >= 0.6 is 11.6 Å². The fourth-order valence-electron chi connectivity index (χ4n) is 3.95. The molecule has 6 nitrogen and oxygen atoms in total. The van der Waals surface area contributed by atoms with Crippen LogP contribution < -0.4 is 11.3 Å². The summed E-state index contributed by atoms with van der Waals surface area (Å²) in [4.78, 5) is 21.3. The topological polar surface area (TPSA) is 82.0 Å². The summed E-state index contributed by atoms with van der Waals surface area (Å²) < 4.78 is 34.7. The highest BCUT2D eigenvalue weighted by molar-refractivity contribution is 6.31. The first-order valence-corrected chi connectivity index (χ1v) is 11.9. The van der Waals surface area contributed by atoms with Crippen molar-refractivity contribution in [1.82, 2.24) is 9.38 Å². The second-order valence-corrected chi connectivity index (χ2v) is 9.00. The summed E-state index contributed by atoms with van der Waals surface area (Å²) in [5, 5.41) is 0.0298. The van der Waals surface area contributed by atoms with Crippen molar-refractivity contribution in [3.8, 4) is 11.1 Å². The zero-order valence-electron chi connectivity index (χ0n) is 19.4. The lowest BCUT2D eigenvalue weighted by Gasteiger charge is -2.23. The van der Waals surface area contributed by atoms with E-state index in [1.54, 1.807) is 25.4 Å². The molecule has 1 saturated heterocycles. The van der Waals surface area contributed by atoms with Gasteiger partial charge in [0.2, 0.25) is 0 Å². The number of halogens is 3. The fourth-order valence-corrected chi connectivity index (χ4v) is 4.08. The van der Waals surface area contributed by atoms with Gasteiger partial charge in [-0.3, -0.25) is 14.2 Å². The van der Waals surface area contributed by atoms with E-state index >= 15 is 0 Å². The van der Waals surface area contributed by atoms with E-state index in [9.17, 15) is 13.6 Å². The lowest BCUT2D eigenvalue weighted by Crippen LogP contribution is -2.20. The van der Waals surface area contributed by atoms with E-state index in [0.717, 1.165) is 24.5 Å². The van der Waals surface area contributed by atoms with E-state index in [4.69, 9.17) is 22.1 Å². The molecule has 2 aliphatic rings. The molecule has 1 aliphatic heterocycles. The Morgan fingerprint density at radius 2 is 1.91 bits per heavy atom. The highest BCUT2D eigenvalue weighted by atomic mass is 35.5. The molecule has 2 aromatic heterocycles. The Morgan fingerprint density at radius 1 is 1.17 bits per heavy atom. The highest BCUT2D eigenvalue weighted by Gasteiger charge is 2.21. The zero-order valence-corrected chi connectivity index (χ0v) is 20.1. The summed E-state index contributed by atoms with van der Waals surface area (Å²) >= 11 is 6.11. The first kappa shape index (κ1) is 25.0.